The molecule has 0 aromatic carbocycles. The van der Waals surface area contributed by atoms with Gasteiger partial charge in [-0.05, 0) is 40.0 Å². The van der Waals surface area contributed by atoms with Crippen molar-refractivity contribution in [1.82, 2.24) is 0 Å². The zero-order valence-corrected chi connectivity index (χ0v) is 24.9. The van der Waals surface area contributed by atoms with E-state index < -0.39 is 24.5 Å². The Balaban J connectivity index is 1.77. The van der Waals surface area contributed by atoms with Gasteiger partial charge in [0.05, 0.1) is 18.3 Å². The minimum Gasteiger partial charge on any atom is -0.478 e. The third-order valence-corrected chi connectivity index (χ3v) is 7.91. The summed E-state index contributed by atoms with van der Waals surface area (Å²) in [5, 5.41) is 28.6. The third-order valence-electron chi connectivity index (χ3n) is 7.91. The molecule has 5 unspecified atom stereocenters. The van der Waals surface area contributed by atoms with Crippen LogP contribution >= 0.6 is 0 Å². The van der Waals surface area contributed by atoms with E-state index in [1.165, 1.54) is 103 Å². The Morgan fingerprint density at radius 2 is 1.21 bits per heavy atom. The van der Waals surface area contributed by atoms with Crippen LogP contribution in [-0.2, 0) is 14.3 Å². The molecular weight excluding hydrogens is 480 g/mol. The molecule has 6 nitrogen and oxygen atoms in total. The number of carbonyl (C=O) groups is 1. The molecule has 0 bridgehead atoms. The Hall–Kier alpha value is -0.950. The molecule has 1 heterocycles. The lowest BCUT2D eigenvalue weighted by Crippen LogP contribution is -2.48. The largest absolute Gasteiger partial charge is 0.478 e. The van der Waals surface area contributed by atoms with E-state index in [0.717, 1.165) is 25.7 Å². The molecule has 0 spiro atoms. The second kappa shape index (κ2) is 22.8. The average molecular weight is 541 g/mol. The minimum absolute atomic E-state index is 0.0625. The predicted molar refractivity (Wildman–Crippen MR) is 155 cm³/mol. The normalized spacial score (nSPS) is 23.0. The number of hydrogen-bond donors (Lipinski definition) is 3. The summed E-state index contributed by atoms with van der Waals surface area (Å²) in [6.07, 6.45) is 25.5. The van der Waals surface area contributed by atoms with E-state index in [0.29, 0.717) is 12.0 Å². The Kier molecular flexibility index (Phi) is 21.1. The van der Waals surface area contributed by atoms with E-state index in [-0.39, 0.29) is 12.2 Å². The van der Waals surface area contributed by atoms with E-state index in [4.69, 9.17) is 14.6 Å². The molecule has 1 saturated heterocycles. The Morgan fingerprint density at radius 1 is 0.789 bits per heavy atom. The number of carboxylic acids is 1. The van der Waals surface area contributed by atoms with Gasteiger partial charge in [0.1, 0.15) is 6.10 Å². The van der Waals surface area contributed by atoms with Crippen LogP contribution in [0.2, 0.25) is 0 Å². The molecule has 38 heavy (non-hydrogen) atoms. The summed E-state index contributed by atoms with van der Waals surface area (Å²) < 4.78 is 11.5. The van der Waals surface area contributed by atoms with Crippen molar-refractivity contribution in [3.63, 3.8) is 0 Å². The van der Waals surface area contributed by atoms with Crippen LogP contribution in [0.3, 0.4) is 0 Å². The highest BCUT2D eigenvalue weighted by molar-refractivity contribution is 5.85. The van der Waals surface area contributed by atoms with Gasteiger partial charge in [0, 0.05) is 12.0 Å². The van der Waals surface area contributed by atoms with Crippen LogP contribution in [0, 0.1) is 0 Å². The lowest BCUT2D eigenvalue weighted by molar-refractivity contribution is -0.273. The predicted octanol–water partition coefficient (Wildman–Crippen LogP) is 8.08. The summed E-state index contributed by atoms with van der Waals surface area (Å²) in [7, 11) is 0. The SMILES string of the molecule is CC(=CCCCCCCCCCCCCCCCCCCCCC(C)OC1OC(C)C(O)CC1O)C(=O)O. The van der Waals surface area contributed by atoms with Gasteiger partial charge in [-0.2, -0.15) is 0 Å². The van der Waals surface area contributed by atoms with Crippen LogP contribution in [0.15, 0.2) is 11.6 Å². The highest BCUT2D eigenvalue weighted by Gasteiger charge is 2.35. The van der Waals surface area contributed by atoms with E-state index in [2.05, 4.69) is 0 Å². The summed E-state index contributed by atoms with van der Waals surface area (Å²) in [6, 6.07) is 0. The first-order valence-electron chi connectivity index (χ1n) is 15.9. The summed E-state index contributed by atoms with van der Waals surface area (Å²) >= 11 is 0. The second-order valence-electron chi connectivity index (χ2n) is 11.7. The molecule has 0 aromatic heterocycles. The summed E-state index contributed by atoms with van der Waals surface area (Å²) in [6.45, 7) is 5.53. The molecule has 1 rings (SSSR count). The van der Waals surface area contributed by atoms with Crippen LogP contribution in [0.25, 0.3) is 0 Å². The molecule has 0 aliphatic carbocycles. The first-order chi connectivity index (χ1) is 18.3. The average Bonchev–Trinajstić information content (AvgIpc) is 2.87. The van der Waals surface area contributed by atoms with Gasteiger partial charge in [0.15, 0.2) is 6.29 Å². The molecule has 6 heteroatoms. The number of unbranched alkanes of at least 4 members (excludes halogenated alkanes) is 18. The lowest BCUT2D eigenvalue weighted by atomic mass is 10.0. The topological polar surface area (TPSA) is 96.2 Å². The highest BCUT2D eigenvalue weighted by Crippen LogP contribution is 2.23. The molecule has 0 saturated carbocycles. The van der Waals surface area contributed by atoms with Gasteiger partial charge in [-0.15, -0.1) is 0 Å². The van der Waals surface area contributed by atoms with Crippen molar-refractivity contribution in [2.24, 2.45) is 0 Å². The number of aliphatic hydroxyl groups is 2. The summed E-state index contributed by atoms with van der Waals surface area (Å²) in [5.74, 6) is -0.798. The smallest absolute Gasteiger partial charge is 0.330 e. The van der Waals surface area contributed by atoms with Crippen molar-refractivity contribution in [2.75, 3.05) is 0 Å². The van der Waals surface area contributed by atoms with E-state index in [1.807, 2.05) is 19.9 Å². The number of ether oxygens (including phenoxy) is 2. The Bertz CT molecular complexity index is 607. The van der Waals surface area contributed by atoms with Crippen molar-refractivity contribution < 1.29 is 29.6 Å². The maximum atomic E-state index is 10.7. The van der Waals surface area contributed by atoms with Gasteiger partial charge in [-0.25, -0.2) is 4.79 Å². The van der Waals surface area contributed by atoms with Crippen LogP contribution in [0.4, 0.5) is 0 Å². The van der Waals surface area contributed by atoms with Crippen LogP contribution in [-0.4, -0.2) is 52.0 Å². The Morgan fingerprint density at radius 3 is 1.66 bits per heavy atom. The number of allylic oxidation sites excluding steroid dienone is 1. The maximum Gasteiger partial charge on any atom is 0.330 e. The zero-order chi connectivity index (χ0) is 28.0. The first-order valence-corrected chi connectivity index (χ1v) is 15.9. The van der Waals surface area contributed by atoms with Gasteiger partial charge >= 0.3 is 5.97 Å². The first kappa shape index (κ1) is 35.1. The standard InChI is InChI=1S/C32H60O6/c1-26(31(35)36)23-21-19-17-15-13-11-9-7-5-4-6-8-10-12-14-16-18-20-22-24-27(2)37-32-30(34)25-29(33)28(3)38-32/h23,27-30,32-34H,4-22,24-25H2,1-3H3,(H,35,36). The van der Waals surface area contributed by atoms with Gasteiger partial charge in [0.2, 0.25) is 0 Å². The number of rotatable bonds is 24. The molecule has 3 N–H and O–H groups in total. The fraction of sp³-hybridized carbons (Fsp3) is 0.906. The number of carboxylic acid groups (broad SMARTS) is 1. The Labute approximate surface area is 233 Å². The molecule has 1 aliphatic rings. The third kappa shape index (κ3) is 18.4. The quantitative estimate of drug-likeness (QED) is 0.0846. The fourth-order valence-electron chi connectivity index (χ4n) is 5.17. The zero-order valence-electron chi connectivity index (χ0n) is 24.9. The molecular formula is C32H60O6. The van der Waals surface area contributed by atoms with E-state index in [9.17, 15) is 15.0 Å². The molecule has 1 fully saturated rings. The van der Waals surface area contributed by atoms with Gasteiger partial charge in [-0.3, -0.25) is 0 Å². The van der Waals surface area contributed by atoms with Crippen molar-refractivity contribution in [3.8, 4) is 0 Å². The number of aliphatic hydroxyl groups excluding tert-OH is 2. The van der Waals surface area contributed by atoms with Gasteiger partial charge in [-0.1, -0.05) is 115 Å². The summed E-state index contributed by atoms with van der Waals surface area (Å²) in [4.78, 5) is 10.7. The number of aliphatic carboxylic acids is 1. The molecule has 0 amide bonds. The molecule has 1 aliphatic heterocycles. The van der Waals surface area contributed by atoms with E-state index >= 15 is 0 Å². The van der Waals surface area contributed by atoms with Gasteiger partial charge < -0.3 is 24.8 Å². The van der Waals surface area contributed by atoms with Crippen molar-refractivity contribution in [1.29, 1.82) is 0 Å². The molecule has 0 radical (unpaired) electrons. The monoisotopic (exact) mass is 540 g/mol. The fourth-order valence-corrected chi connectivity index (χ4v) is 5.17. The van der Waals surface area contributed by atoms with Crippen molar-refractivity contribution in [2.45, 2.75) is 186 Å². The van der Waals surface area contributed by atoms with Crippen molar-refractivity contribution in [3.05, 3.63) is 11.6 Å². The highest BCUT2D eigenvalue weighted by atomic mass is 16.7. The van der Waals surface area contributed by atoms with Crippen molar-refractivity contribution >= 4 is 5.97 Å². The number of hydrogen-bond acceptors (Lipinski definition) is 5. The van der Waals surface area contributed by atoms with E-state index in [1.54, 1.807) is 6.92 Å². The summed E-state index contributed by atoms with van der Waals surface area (Å²) in [5.41, 5.74) is 0.469. The molecule has 224 valence electrons. The van der Waals surface area contributed by atoms with Gasteiger partial charge in [0.25, 0.3) is 0 Å². The minimum atomic E-state index is -0.798. The molecule has 5 atom stereocenters. The molecule has 0 aromatic rings. The second-order valence-corrected chi connectivity index (χ2v) is 11.7. The van der Waals surface area contributed by atoms with Crippen LogP contribution in [0.5, 0.6) is 0 Å². The van der Waals surface area contributed by atoms with Crippen LogP contribution < -0.4 is 0 Å². The maximum absolute atomic E-state index is 10.7. The lowest BCUT2D eigenvalue weighted by Gasteiger charge is -2.36. The van der Waals surface area contributed by atoms with Crippen LogP contribution in [0.1, 0.15) is 156 Å².